The molecule has 0 spiro atoms. The lowest BCUT2D eigenvalue weighted by molar-refractivity contribution is 0.0790. The summed E-state index contributed by atoms with van der Waals surface area (Å²) in [5, 5.41) is 11.7. The molecule has 1 fully saturated rings. The average molecular weight is 169 g/mol. The van der Waals surface area contributed by atoms with Crippen molar-refractivity contribution in [2.24, 2.45) is 0 Å². The number of ether oxygens (including phenoxy) is 1. The van der Waals surface area contributed by atoms with Crippen LogP contribution in [0.4, 0.5) is 0 Å². The lowest BCUT2D eigenvalue weighted by Gasteiger charge is -2.21. The van der Waals surface area contributed by atoms with Gasteiger partial charge in [0.15, 0.2) is 0 Å². The lowest BCUT2D eigenvalue weighted by Crippen LogP contribution is -2.34. The minimum absolute atomic E-state index is 0.0462. The van der Waals surface area contributed by atoms with Crippen molar-refractivity contribution >= 4 is 0 Å². The molecule has 0 aliphatic carbocycles. The molecule has 0 aromatic rings. The minimum atomic E-state index is -0.0462. The molecule has 0 aromatic heterocycles. The van der Waals surface area contributed by atoms with Gasteiger partial charge in [0.1, 0.15) is 6.61 Å². The predicted octanol–water partition coefficient (Wildman–Crippen LogP) is -0.249. The predicted molar refractivity (Wildman–Crippen MR) is 46.7 cm³/mol. The third-order valence-electron chi connectivity index (χ3n) is 1.90. The van der Waals surface area contributed by atoms with Crippen LogP contribution in [0.2, 0.25) is 0 Å². The van der Waals surface area contributed by atoms with E-state index < -0.39 is 0 Å². The Hall–Kier alpha value is -0.560. The van der Waals surface area contributed by atoms with E-state index in [4.69, 9.17) is 9.84 Å². The molecular formula is C9H15NO2. The molecule has 0 amide bonds. The molecule has 68 valence electrons. The zero-order valence-corrected chi connectivity index (χ0v) is 7.18. The Morgan fingerprint density at radius 1 is 1.33 bits per heavy atom. The van der Waals surface area contributed by atoms with Gasteiger partial charge < -0.3 is 15.2 Å². The second-order valence-electron chi connectivity index (χ2n) is 2.78. The highest BCUT2D eigenvalue weighted by molar-refractivity contribution is 5.00. The average Bonchev–Trinajstić information content (AvgIpc) is 2.14. The largest absolute Gasteiger partial charge is 0.384 e. The fourth-order valence-electron chi connectivity index (χ4n) is 1.22. The van der Waals surface area contributed by atoms with Crippen LogP contribution in [0, 0.1) is 11.8 Å². The monoisotopic (exact) mass is 169 g/mol. The van der Waals surface area contributed by atoms with Crippen LogP contribution >= 0.6 is 0 Å². The van der Waals surface area contributed by atoms with Gasteiger partial charge in [-0.1, -0.05) is 11.8 Å². The SMILES string of the molecule is OCC#CCNC1CCOCC1. The number of rotatable bonds is 2. The molecule has 0 aromatic carbocycles. The third kappa shape index (κ3) is 3.72. The summed E-state index contributed by atoms with van der Waals surface area (Å²) in [6.45, 7) is 2.33. The highest BCUT2D eigenvalue weighted by Gasteiger charge is 2.11. The van der Waals surface area contributed by atoms with E-state index >= 15 is 0 Å². The molecule has 12 heavy (non-hydrogen) atoms. The summed E-state index contributed by atoms with van der Waals surface area (Å²) in [6.07, 6.45) is 2.14. The van der Waals surface area contributed by atoms with Crippen LogP contribution in [0.5, 0.6) is 0 Å². The van der Waals surface area contributed by atoms with Crippen molar-refractivity contribution in [3.05, 3.63) is 0 Å². The van der Waals surface area contributed by atoms with Gasteiger partial charge in [0.2, 0.25) is 0 Å². The Morgan fingerprint density at radius 2 is 2.08 bits per heavy atom. The third-order valence-corrected chi connectivity index (χ3v) is 1.90. The Kier molecular flexibility index (Phi) is 4.77. The molecule has 3 heteroatoms. The van der Waals surface area contributed by atoms with Crippen molar-refractivity contribution in [1.29, 1.82) is 0 Å². The summed E-state index contributed by atoms with van der Waals surface area (Å²) >= 11 is 0. The molecule has 2 N–H and O–H groups in total. The van der Waals surface area contributed by atoms with Gasteiger partial charge in [-0.05, 0) is 12.8 Å². The maximum Gasteiger partial charge on any atom is 0.104 e. The van der Waals surface area contributed by atoms with E-state index in [1.165, 1.54) is 0 Å². The highest BCUT2D eigenvalue weighted by atomic mass is 16.5. The summed E-state index contributed by atoms with van der Waals surface area (Å²) in [5.41, 5.74) is 0. The summed E-state index contributed by atoms with van der Waals surface area (Å²) in [6, 6.07) is 0.548. The van der Waals surface area contributed by atoms with E-state index in [9.17, 15) is 0 Å². The zero-order valence-electron chi connectivity index (χ0n) is 7.18. The van der Waals surface area contributed by atoms with Gasteiger partial charge in [0, 0.05) is 19.3 Å². The summed E-state index contributed by atoms with van der Waals surface area (Å²) < 4.78 is 5.21. The van der Waals surface area contributed by atoms with Crippen LogP contribution in [0.15, 0.2) is 0 Å². The van der Waals surface area contributed by atoms with E-state index in [0.29, 0.717) is 12.6 Å². The van der Waals surface area contributed by atoms with Crippen molar-refractivity contribution < 1.29 is 9.84 Å². The minimum Gasteiger partial charge on any atom is -0.384 e. The lowest BCUT2D eigenvalue weighted by atomic mass is 10.1. The van der Waals surface area contributed by atoms with E-state index in [-0.39, 0.29) is 6.61 Å². The van der Waals surface area contributed by atoms with E-state index in [1.54, 1.807) is 0 Å². The zero-order chi connectivity index (χ0) is 8.65. The number of hydrogen-bond donors (Lipinski definition) is 2. The Bertz CT molecular complexity index is 165. The van der Waals surface area contributed by atoms with Gasteiger partial charge in [-0.15, -0.1) is 0 Å². The van der Waals surface area contributed by atoms with Gasteiger partial charge >= 0.3 is 0 Å². The van der Waals surface area contributed by atoms with E-state index in [0.717, 1.165) is 26.1 Å². The molecule has 0 bridgehead atoms. The number of aliphatic hydroxyl groups excluding tert-OH is 1. The van der Waals surface area contributed by atoms with Crippen LogP contribution in [-0.4, -0.2) is 37.5 Å². The summed E-state index contributed by atoms with van der Waals surface area (Å²) in [7, 11) is 0. The molecule has 0 radical (unpaired) electrons. The van der Waals surface area contributed by atoms with Crippen molar-refractivity contribution in [2.45, 2.75) is 18.9 Å². The number of nitrogens with one attached hydrogen (secondary N) is 1. The van der Waals surface area contributed by atoms with Crippen LogP contribution < -0.4 is 5.32 Å². The molecule has 1 aliphatic rings. The van der Waals surface area contributed by atoms with Gasteiger partial charge in [-0.25, -0.2) is 0 Å². The molecular weight excluding hydrogens is 154 g/mol. The first-order valence-electron chi connectivity index (χ1n) is 4.31. The van der Waals surface area contributed by atoms with Crippen LogP contribution in [0.25, 0.3) is 0 Å². The van der Waals surface area contributed by atoms with Crippen molar-refractivity contribution in [3.63, 3.8) is 0 Å². The molecule has 0 unspecified atom stereocenters. The maximum absolute atomic E-state index is 8.38. The first-order valence-corrected chi connectivity index (χ1v) is 4.31. The molecule has 1 saturated heterocycles. The maximum atomic E-state index is 8.38. The van der Waals surface area contributed by atoms with Gasteiger partial charge in [0.25, 0.3) is 0 Å². The Labute approximate surface area is 73.1 Å². The van der Waals surface area contributed by atoms with Crippen molar-refractivity contribution in [3.8, 4) is 11.8 Å². The quantitative estimate of drug-likeness (QED) is 0.560. The molecule has 3 nitrogen and oxygen atoms in total. The number of aliphatic hydroxyl groups is 1. The van der Waals surface area contributed by atoms with Crippen molar-refractivity contribution in [2.75, 3.05) is 26.4 Å². The van der Waals surface area contributed by atoms with Gasteiger partial charge in [-0.3, -0.25) is 0 Å². The molecule has 0 atom stereocenters. The molecule has 1 aliphatic heterocycles. The molecule has 1 rings (SSSR count). The van der Waals surface area contributed by atoms with Crippen LogP contribution in [-0.2, 0) is 4.74 Å². The van der Waals surface area contributed by atoms with Crippen LogP contribution in [0.3, 0.4) is 0 Å². The second kappa shape index (κ2) is 6.01. The smallest absolute Gasteiger partial charge is 0.104 e. The van der Waals surface area contributed by atoms with Gasteiger partial charge in [0.05, 0.1) is 6.54 Å². The van der Waals surface area contributed by atoms with E-state index in [1.807, 2.05) is 0 Å². The van der Waals surface area contributed by atoms with Crippen molar-refractivity contribution in [1.82, 2.24) is 5.32 Å². The summed E-state index contributed by atoms with van der Waals surface area (Å²) in [4.78, 5) is 0. The Morgan fingerprint density at radius 3 is 2.75 bits per heavy atom. The molecule has 1 heterocycles. The fraction of sp³-hybridized carbons (Fsp3) is 0.778. The topological polar surface area (TPSA) is 41.5 Å². The van der Waals surface area contributed by atoms with E-state index in [2.05, 4.69) is 17.2 Å². The summed E-state index contributed by atoms with van der Waals surface area (Å²) in [5.74, 6) is 5.43. The first-order chi connectivity index (χ1) is 5.93. The second-order valence-corrected chi connectivity index (χ2v) is 2.78. The number of hydrogen-bond acceptors (Lipinski definition) is 3. The fourth-order valence-corrected chi connectivity index (χ4v) is 1.22. The van der Waals surface area contributed by atoms with Gasteiger partial charge in [-0.2, -0.15) is 0 Å². The molecule has 0 saturated carbocycles. The normalized spacial score (nSPS) is 18.4. The standard InChI is InChI=1S/C9H15NO2/c11-6-2-1-5-10-9-3-7-12-8-4-9/h9-11H,3-8H2. The first kappa shape index (κ1) is 9.53. The Balaban J connectivity index is 2.05. The van der Waals surface area contributed by atoms with Crippen LogP contribution in [0.1, 0.15) is 12.8 Å². The highest BCUT2D eigenvalue weighted by Crippen LogP contribution is 2.04.